The van der Waals surface area contributed by atoms with Gasteiger partial charge in [0.1, 0.15) is 5.60 Å². The Morgan fingerprint density at radius 3 is 2.31 bits per heavy atom. The average molecular weight is 230 g/mol. The van der Waals surface area contributed by atoms with E-state index in [1.807, 2.05) is 20.8 Å². The molecule has 3 heteroatoms. The number of hydrogen-bond acceptors (Lipinski definition) is 3. The second-order valence-corrected chi connectivity index (χ2v) is 5.59. The highest BCUT2D eigenvalue weighted by molar-refractivity contribution is 5.70. The number of ether oxygens (including phenoxy) is 1. The van der Waals surface area contributed by atoms with Crippen molar-refractivity contribution < 1.29 is 14.6 Å². The summed E-state index contributed by atoms with van der Waals surface area (Å²) in [6, 6.07) is 0. The van der Waals surface area contributed by atoms with Crippen LogP contribution in [-0.4, -0.2) is 23.3 Å². The van der Waals surface area contributed by atoms with E-state index in [-0.39, 0.29) is 18.5 Å². The zero-order valence-electron chi connectivity index (χ0n) is 11.2. The summed E-state index contributed by atoms with van der Waals surface area (Å²) >= 11 is 0. The fourth-order valence-electron chi connectivity index (χ4n) is 1.58. The average Bonchev–Trinajstić information content (AvgIpc) is 2.13. The Bertz CT molecular complexity index is 206. The molecular weight excluding hydrogens is 204 g/mol. The van der Waals surface area contributed by atoms with Crippen LogP contribution in [0.25, 0.3) is 0 Å². The zero-order chi connectivity index (χ0) is 12.8. The maximum absolute atomic E-state index is 11.6. The summed E-state index contributed by atoms with van der Waals surface area (Å²) in [5.74, 6) is 0.360. The van der Waals surface area contributed by atoms with Crippen LogP contribution in [0.4, 0.5) is 0 Å². The molecule has 0 radical (unpaired) electrons. The van der Waals surface area contributed by atoms with E-state index in [2.05, 4.69) is 13.8 Å². The second-order valence-electron chi connectivity index (χ2n) is 5.59. The van der Waals surface area contributed by atoms with E-state index < -0.39 is 5.60 Å². The summed E-state index contributed by atoms with van der Waals surface area (Å²) in [6.07, 6.45) is 2.27. The molecule has 0 saturated carbocycles. The molecule has 0 aliphatic heterocycles. The van der Waals surface area contributed by atoms with Crippen molar-refractivity contribution in [3.63, 3.8) is 0 Å². The van der Waals surface area contributed by atoms with Crippen LogP contribution in [0.5, 0.6) is 0 Å². The fraction of sp³-hybridized carbons (Fsp3) is 0.923. The summed E-state index contributed by atoms with van der Waals surface area (Å²) in [6.45, 7) is 9.88. The normalized spacial score (nSPS) is 15.6. The highest BCUT2D eigenvalue weighted by Gasteiger charge is 2.21. The summed E-state index contributed by atoms with van der Waals surface area (Å²) in [4.78, 5) is 11.6. The molecule has 0 aromatic heterocycles. The van der Waals surface area contributed by atoms with Gasteiger partial charge in [0, 0.05) is 6.61 Å². The van der Waals surface area contributed by atoms with E-state index in [4.69, 9.17) is 4.74 Å². The lowest BCUT2D eigenvalue weighted by Gasteiger charge is -2.22. The minimum atomic E-state index is -0.437. The van der Waals surface area contributed by atoms with Crippen molar-refractivity contribution in [3.05, 3.63) is 0 Å². The first-order chi connectivity index (χ1) is 7.28. The van der Waals surface area contributed by atoms with Gasteiger partial charge in [-0.1, -0.05) is 20.3 Å². The van der Waals surface area contributed by atoms with Crippen LogP contribution in [0.3, 0.4) is 0 Å². The van der Waals surface area contributed by atoms with Gasteiger partial charge in [0.2, 0.25) is 0 Å². The van der Waals surface area contributed by atoms with Gasteiger partial charge in [-0.05, 0) is 39.0 Å². The molecule has 0 bridgehead atoms. The van der Waals surface area contributed by atoms with Crippen LogP contribution in [0, 0.1) is 11.8 Å². The molecule has 0 aliphatic carbocycles. The first kappa shape index (κ1) is 15.4. The van der Waals surface area contributed by atoms with E-state index in [0.717, 1.165) is 12.8 Å². The van der Waals surface area contributed by atoms with Gasteiger partial charge in [-0.25, -0.2) is 0 Å². The Hall–Kier alpha value is -0.570. The summed E-state index contributed by atoms with van der Waals surface area (Å²) in [5, 5.41) is 9.21. The van der Waals surface area contributed by atoms with Gasteiger partial charge in [0.05, 0.1) is 6.42 Å². The van der Waals surface area contributed by atoms with Gasteiger partial charge in [0.15, 0.2) is 0 Å². The topological polar surface area (TPSA) is 46.5 Å². The molecule has 96 valence electrons. The molecule has 0 rings (SSSR count). The molecule has 2 atom stereocenters. The number of hydrogen-bond donors (Lipinski definition) is 1. The maximum Gasteiger partial charge on any atom is 0.306 e. The molecule has 0 heterocycles. The molecule has 0 fully saturated rings. The largest absolute Gasteiger partial charge is 0.460 e. The number of carbonyl (C=O) groups is 1. The summed E-state index contributed by atoms with van der Waals surface area (Å²) in [5.41, 5.74) is -0.437. The Morgan fingerprint density at radius 2 is 1.94 bits per heavy atom. The lowest BCUT2D eigenvalue weighted by atomic mass is 9.92. The highest BCUT2D eigenvalue weighted by Crippen LogP contribution is 2.19. The van der Waals surface area contributed by atoms with Crippen LogP contribution < -0.4 is 0 Å². The van der Waals surface area contributed by atoms with Crippen LogP contribution >= 0.6 is 0 Å². The lowest BCUT2D eigenvalue weighted by molar-refractivity contribution is -0.156. The van der Waals surface area contributed by atoms with E-state index in [0.29, 0.717) is 12.3 Å². The predicted octanol–water partition coefficient (Wildman–Crippen LogP) is 2.76. The van der Waals surface area contributed by atoms with Gasteiger partial charge >= 0.3 is 5.97 Å². The van der Waals surface area contributed by atoms with E-state index in [1.165, 1.54) is 0 Å². The zero-order valence-corrected chi connectivity index (χ0v) is 11.2. The third-order valence-electron chi connectivity index (χ3n) is 2.57. The Labute approximate surface area is 99.2 Å². The molecule has 0 aromatic carbocycles. The van der Waals surface area contributed by atoms with Crippen LogP contribution in [0.2, 0.25) is 0 Å². The Balaban J connectivity index is 4.07. The first-order valence-electron chi connectivity index (χ1n) is 6.11. The molecule has 0 aromatic rings. The quantitative estimate of drug-likeness (QED) is 0.714. The van der Waals surface area contributed by atoms with Crippen LogP contribution in [0.15, 0.2) is 0 Å². The van der Waals surface area contributed by atoms with Crippen molar-refractivity contribution in [1.29, 1.82) is 0 Å². The van der Waals surface area contributed by atoms with Crippen molar-refractivity contribution in [2.24, 2.45) is 11.8 Å². The lowest BCUT2D eigenvalue weighted by Crippen LogP contribution is -2.26. The van der Waals surface area contributed by atoms with E-state index >= 15 is 0 Å². The molecule has 3 nitrogen and oxygen atoms in total. The molecular formula is C13H26O3. The van der Waals surface area contributed by atoms with Crippen molar-refractivity contribution in [1.82, 2.24) is 0 Å². The molecule has 16 heavy (non-hydrogen) atoms. The number of carbonyl (C=O) groups excluding carboxylic acids is 1. The molecule has 1 unspecified atom stereocenters. The van der Waals surface area contributed by atoms with Crippen molar-refractivity contribution in [2.45, 2.75) is 59.5 Å². The third-order valence-corrected chi connectivity index (χ3v) is 2.57. The molecule has 0 amide bonds. The number of aliphatic hydroxyl groups excluding tert-OH is 1. The van der Waals surface area contributed by atoms with Crippen molar-refractivity contribution >= 4 is 5.97 Å². The summed E-state index contributed by atoms with van der Waals surface area (Å²) in [7, 11) is 0. The number of rotatable bonds is 6. The van der Waals surface area contributed by atoms with E-state index in [9.17, 15) is 9.90 Å². The predicted molar refractivity (Wildman–Crippen MR) is 65.1 cm³/mol. The smallest absolute Gasteiger partial charge is 0.306 e. The third kappa shape index (κ3) is 7.69. The fourth-order valence-corrected chi connectivity index (χ4v) is 1.58. The van der Waals surface area contributed by atoms with Gasteiger partial charge in [-0.2, -0.15) is 0 Å². The number of esters is 1. The minimum Gasteiger partial charge on any atom is -0.460 e. The molecule has 1 N–H and O–H groups in total. The molecule has 0 spiro atoms. The van der Waals surface area contributed by atoms with Crippen molar-refractivity contribution in [2.75, 3.05) is 6.61 Å². The Kier molecular flexibility index (Phi) is 6.65. The number of aliphatic hydroxyl groups is 1. The Morgan fingerprint density at radius 1 is 1.38 bits per heavy atom. The van der Waals surface area contributed by atoms with Crippen LogP contribution in [0.1, 0.15) is 53.9 Å². The summed E-state index contributed by atoms with van der Waals surface area (Å²) < 4.78 is 5.24. The van der Waals surface area contributed by atoms with Crippen LogP contribution in [-0.2, 0) is 9.53 Å². The first-order valence-corrected chi connectivity index (χ1v) is 6.11. The standard InChI is InChI=1S/C13H26O3/c1-6-10(2)7-11(9-14)8-12(15)16-13(3,4)5/h10-11,14H,6-9H2,1-5H3/t10?,11-/m0/s1. The van der Waals surface area contributed by atoms with Gasteiger partial charge in [-0.3, -0.25) is 4.79 Å². The van der Waals surface area contributed by atoms with Gasteiger partial charge in [0.25, 0.3) is 0 Å². The van der Waals surface area contributed by atoms with Gasteiger partial charge < -0.3 is 9.84 Å². The monoisotopic (exact) mass is 230 g/mol. The minimum absolute atomic E-state index is 0.0322. The second kappa shape index (κ2) is 6.89. The highest BCUT2D eigenvalue weighted by atomic mass is 16.6. The molecule has 0 saturated heterocycles. The van der Waals surface area contributed by atoms with Crippen molar-refractivity contribution in [3.8, 4) is 0 Å². The van der Waals surface area contributed by atoms with Gasteiger partial charge in [-0.15, -0.1) is 0 Å². The molecule has 0 aliphatic rings. The maximum atomic E-state index is 11.6. The SMILES string of the molecule is CCC(C)C[C@H](CO)CC(=O)OC(C)(C)C. The van der Waals surface area contributed by atoms with E-state index in [1.54, 1.807) is 0 Å².